The van der Waals surface area contributed by atoms with Gasteiger partial charge in [0.05, 0.1) is 26.4 Å². The van der Waals surface area contributed by atoms with E-state index in [1.165, 1.54) is 0 Å². The lowest BCUT2D eigenvalue weighted by atomic mass is 9.94. The van der Waals surface area contributed by atoms with E-state index >= 15 is 0 Å². The highest BCUT2D eigenvalue weighted by Gasteiger charge is 2.42. The molecule has 8 heteroatoms. The Balaban J connectivity index is 1.80. The molecular formula is C27H33N3O5. The van der Waals surface area contributed by atoms with Gasteiger partial charge in [-0.2, -0.15) is 5.10 Å². The van der Waals surface area contributed by atoms with Crippen molar-refractivity contribution < 1.29 is 24.5 Å². The number of H-pyrrole nitrogens is 1. The van der Waals surface area contributed by atoms with Crippen LogP contribution in [0.4, 0.5) is 0 Å². The summed E-state index contributed by atoms with van der Waals surface area (Å²) < 4.78 is 11.6. The van der Waals surface area contributed by atoms with E-state index in [9.17, 15) is 15.0 Å². The van der Waals surface area contributed by atoms with Crippen LogP contribution in [-0.2, 0) is 0 Å². The Kier molecular flexibility index (Phi) is 7.03. The van der Waals surface area contributed by atoms with E-state index in [2.05, 4.69) is 24.0 Å². The van der Waals surface area contributed by atoms with Crippen LogP contribution in [0.1, 0.15) is 59.1 Å². The fourth-order valence-corrected chi connectivity index (χ4v) is 4.46. The molecule has 8 nitrogen and oxygen atoms in total. The molecule has 0 bridgehead atoms. The van der Waals surface area contributed by atoms with E-state index in [4.69, 9.17) is 9.47 Å². The predicted molar refractivity (Wildman–Crippen MR) is 133 cm³/mol. The van der Waals surface area contributed by atoms with Gasteiger partial charge in [0.2, 0.25) is 0 Å². The van der Waals surface area contributed by atoms with Crippen molar-refractivity contribution in [1.29, 1.82) is 0 Å². The number of methoxy groups -OCH3 is 1. The van der Waals surface area contributed by atoms with Crippen LogP contribution >= 0.6 is 0 Å². The van der Waals surface area contributed by atoms with Crippen molar-refractivity contribution in [2.45, 2.75) is 40.2 Å². The number of rotatable bonds is 9. The summed E-state index contributed by atoms with van der Waals surface area (Å²) in [5.41, 5.74) is 4.85. The van der Waals surface area contributed by atoms with Gasteiger partial charge < -0.3 is 24.6 Å². The normalized spacial score (nSPS) is 15.1. The van der Waals surface area contributed by atoms with Gasteiger partial charge in [-0.1, -0.05) is 19.9 Å². The zero-order chi connectivity index (χ0) is 25.3. The first-order valence-electron chi connectivity index (χ1n) is 11.9. The number of ether oxygens (including phenoxy) is 2. The first-order valence-corrected chi connectivity index (χ1v) is 11.9. The number of hydrogen-bond donors (Lipinski definition) is 3. The molecule has 0 aliphatic carbocycles. The summed E-state index contributed by atoms with van der Waals surface area (Å²) in [6, 6.07) is 8.68. The Morgan fingerprint density at radius 3 is 2.57 bits per heavy atom. The van der Waals surface area contributed by atoms with Crippen LogP contribution in [0, 0.1) is 19.8 Å². The number of aromatic hydroxyl groups is 1. The van der Waals surface area contributed by atoms with Crippen LogP contribution in [0.15, 0.2) is 30.3 Å². The van der Waals surface area contributed by atoms with Crippen LogP contribution in [0.2, 0.25) is 0 Å². The summed E-state index contributed by atoms with van der Waals surface area (Å²) in [5, 5.41) is 27.7. The van der Waals surface area contributed by atoms with Gasteiger partial charge in [-0.25, -0.2) is 0 Å². The van der Waals surface area contributed by atoms with Gasteiger partial charge in [0, 0.05) is 17.7 Å². The van der Waals surface area contributed by atoms with Gasteiger partial charge >= 0.3 is 0 Å². The van der Waals surface area contributed by atoms with E-state index < -0.39 is 6.04 Å². The molecule has 3 N–H and O–H groups in total. The van der Waals surface area contributed by atoms with Crippen LogP contribution in [0.3, 0.4) is 0 Å². The third kappa shape index (κ3) is 4.58. The summed E-state index contributed by atoms with van der Waals surface area (Å²) in [6.07, 6.45) is 0.924. The third-order valence-electron chi connectivity index (χ3n) is 6.53. The maximum atomic E-state index is 13.3. The molecule has 4 rings (SSSR count). The number of aliphatic hydroxyl groups excluding tert-OH is 1. The van der Waals surface area contributed by atoms with Gasteiger partial charge in [-0.15, -0.1) is 0 Å². The van der Waals surface area contributed by atoms with Gasteiger partial charge in [-0.3, -0.25) is 9.89 Å². The molecule has 1 aliphatic rings. The number of carbonyl (C=O) groups excluding carboxylic acids is 1. The largest absolute Gasteiger partial charge is 0.507 e. The number of aliphatic hydroxyl groups is 1. The second-order valence-electron chi connectivity index (χ2n) is 9.38. The van der Waals surface area contributed by atoms with Crippen molar-refractivity contribution in [3.63, 3.8) is 0 Å². The molecule has 0 spiro atoms. The number of phenolic OH excluding ortho intramolecular Hbond substituents is 1. The third-order valence-corrected chi connectivity index (χ3v) is 6.53. The lowest BCUT2D eigenvalue weighted by Crippen LogP contribution is -2.32. The van der Waals surface area contributed by atoms with E-state index in [-0.39, 0.29) is 24.8 Å². The second kappa shape index (κ2) is 10.00. The van der Waals surface area contributed by atoms with Crippen molar-refractivity contribution in [2.75, 3.05) is 26.9 Å². The molecule has 0 radical (unpaired) electrons. The topological polar surface area (TPSA) is 108 Å². The minimum Gasteiger partial charge on any atom is -0.507 e. The lowest BCUT2D eigenvalue weighted by molar-refractivity contribution is 0.0706. The first-order chi connectivity index (χ1) is 16.8. The highest BCUT2D eigenvalue weighted by molar-refractivity contribution is 6.00. The molecular weight excluding hydrogens is 446 g/mol. The van der Waals surface area contributed by atoms with E-state index in [0.29, 0.717) is 46.5 Å². The van der Waals surface area contributed by atoms with E-state index in [1.807, 2.05) is 38.1 Å². The highest BCUT2D eigenvalue weighted by Crippen LogP contribution is 2.46. The van der Waals surface area contributed by atoms with Gasteiger partial charge in [0.1, 0.15) is 17.1 Å². The molecule has 0 fully saturated rings. The number of carbonyl (C=O) groups is 1. The standard InChI is InChI=1S/C27H33N3O5/c1-15(2)8-11-35-21-7-6-18(14-22(21)34-5)26-23-24(19-12-16(3)17(4)13-20(19)32)28-29-25(23)27(33)30(26)9-10-31/h6-7,12-15,26,31-32H,8-11H2,1-5H3,(H,28,29). The van der Waals surface area contributed by atoms with Crippen molar-refractivity contribution in [3.8, 4) is 28.5 Å². The number of nitrogens with one attached hydrogen (secondary N) is 1. The molecule has 186 valence electrons. The average molecular weight is 480 g/mol. The molecule has 35 heavy (non-hydrogen) atoms. The molecule has 1 amide bonds. The number of fused-ring (bicyclic) bond motifs is 1. The van der Waals surface area contributed by atoms with Crippen LogP contribution < -0.4 is 9.47 Å². The quantitative estimate of drug-likeness (QED) is 0.421. The number of phenols is 1. The van der Waals surface area contributed by atoms with Crippen LogP contribution in [0.25, 0.3) is 11.3 Å². The molecule has 1 aliphatic heterocycles. The Morgan fingerprint density at radius 2 is 1.89 bits per heavy atom. The van der Waals surface area contributed by atoms with Crippen molar-refractivity contribution in [3.05, 3.63) is 58.3 Å². The van der Waals surface area contributed by atoms with Crippen LogP contribution in [-0.4, -0.2) is 58.1 Å². The fourth-order valence-electron chi connectivity index (χ4n) is 4.46. The number of amides is 1. The van der Waals surface area contributed by atoms with Crippen molar-refractivity contribution in [2.24, 2.45) is 5.92 Å². The monoisotopic (exact) mass is 479 g/mol. The molecule has 1 unspecified atom stereocenters. The van der Waals surface area contributed by atoms with Crippen LogP contribution in [0.5, 0.6) is 17.2 Å². The molecule has 2 heterocycles. The minimum atomic E-state index is -0.516. The van der Waals surface area contributed by atoms with Gasteiger partial charge in [-0.05, 0) is 67.1 Å². The maximum absolute atomic E-state index is 13.3. The summed E-state index contributed by atoms with van der Waals surface area (Å²) in [4.78, 5) is 14.9. The number of aromatic nitrogens is 2. The number of aromatic amines is 1. The Morgan fingerprint density at radius 1 is 1.14 bits per heavy atom. The fraction of sp³-hybridized carbons (Fsp3) is 0.407. The number of β-amino-alcohol motifs (C(OH)–C–C–N with tert-alkyl or cyclic N) is 1. The smallest absolute Gasteiger partial charge is 0.273 e. The molecule has 1 atom stereocenters. The Hall–Kier alpha value is -3.52. The van der Waals surface area contributed by atoms with Crippen molar-refractivity contribution >= 4 is 5.91 Å². The number of hydrogen-bond acceptors (Lipinski definition) is 6. The zero-order valence-corrected chi connectivity index (χ0v) is 20.9. The number of aryl methyl sites for hydroxylation is 2. The molecule has 0 saturated carbocycles. The number of benzene rings is 2. The lowest BCUT2D eigenvalue weighted by Gasteiger charge is -2.26. The van der Waals surface area contributed by atoms with Gasteiger partial charge in [0.25, 0.3) is 5.91 Å². The Bertz CT molecular complexity index is 1230. The zero-order valence-electron chi connectivity index (χ0n) is 20.9. The van der Waals surface area contributed by atoms with E-state index in [0.717, 1.165) is 23.1 Å². The molecule has 3 aromatic rings. The minimum absolute atomic E-state index is 0.0979. The molecule has 1 aromatic heterocycles. The predicted octanol–water partition coefficient (Wildman–Crippen LogP) is 4.37. The summed E-state index contributed by atoms with van der Waals surface area (Å²) in [7, 11) is 1.58. The summed E-state index contributed by atoms with van der Waals surface area (Å²) >= 11 is 0. The van der Waals surface area contributed by atoms with Crippen molar-refractivity contribution in [1.82, 2.24) is 15.1 Å². The SMILES string of the molecule is COc1cc(C2c3c(-c4cc(C)c(C)cc4O)n[nH]c3C(=O)N2CCO)ccc1OCCC(C)C. The average Bonchev–Trinajstić information content (AvgIpc) is 3.36. The summed E-state index contributed by atoms with van der Waals surface area (Å²) in [5.74, 6) is 1.57. The number of nitrogens with zero attached hydrogens (tertiary/aromatic N) is 2. The van der Waals surface area contributed by atoms with E-state index in [1.54, 1.807) is 18.1 Å². The second-order valence-corrected chi connectivity index (χ2v) is 9.38. The maximum Gasteiger partial charge on any atom is 0.273 e. The Labute approximate surface area is 205 Å². The molecule has 0 saturated heterocycles. The summed E-state index contributed by atoms with van der Waals surface area (Å²) in [6.45, 7) is 8.73. The van der Waals surface area contributed by atoms with Gasteiger partial charge in [0.15, 0.2) is 11.5 Å². The molecule has 2 aromatic carbocycles. The first kappa shape index (κ1) is 24.6. The highest BCUT2D eigenvalue weighted by atomic mass is 16.5.